The molecule has 5 rings (SSSR count). The number of hydrogen-bond acceptors (Lipinski definition) is 11. The average molecular weight is 480 g/mol. The largest absolute Gasteiger partial charge is 0.387 e. The van der Waals surface area contributed by atoms with Gasteiger partial charge < -0.3 is 25.6 Å². The van der Waals surface area contributed by atoms with Crippen LogP contribution in [-0.4, -0.2) is 87.5 Å². The molecule has 0 spiro atoms. The van der Waals surface area contributed by atoms with Gasteiger partial charge in [0.25, 0.3) is 11.9 Å². The summed E-state index contributed by atoms with van der Waals surface area (Å²) in [6.07, 6.45) is 0.435. The highest BCUT2D eigenvalue weighted by Gasteiger charge is 2.47. The van der Waals surface area contributed by atoms with Crippen molar-refractivity contribution in [3.63, 3.8) is 0 Å². The Labute approximate surface area is 199 Å². The standard InChI is InChI=1S/C21H24N10O4/c1-3-7-24-17-13-18(30(10-25-13)20-15(33)14(32)16(35-20)19(34)22-2)27-21(26-17)31-9-12(28-29-31)11-6-4-5-8-23-11/h4-6,8-10,14-16,20,32-33H,3,7H2,1-2H3,(H,22,34)(H,24,26,27)/t14-,15+,16-,20+/m0/s1. The van der Waals surface area contributed by atoms with Crippen LogP contribution < -0.4 is 10.6 Å². The number of fused-ring (bicyclic) bond motifs is 1. The first-order chi connectivity index (χ1) is 17.0. The molecule has 35 heavy (non-hydrogen) atoms. The summed E-state index contributed by atoms with van der Waals surface area (Å²) in [5.74, 6) is 0.105. The number of aliphatic hydroxyl groups is 2. The molecule has 1 aliphatic rings. The first kappa shape index (κ1) is 22.8. The van der Waals surface area contributed by atoms with Crippen molar-refractivity contribution in [3.05, 3.63) is 36.9 Å². The summed E-state index contributed by atoms with van der Waals surface area (Å²) in [5, 5.41) is 35.0. The molecule has 4 aromatic heterocycles. The maximum atomic E-state index is 12.1. The number of nitrogens with one attached hydrogen (secondary N) is 2. The number of amides is 1. The van der Waals surface area contributed by atoms with Crippen molar-refractivity contribution in [2.24, 2.45) is 0 Å². The Bertz CT molecular complexity index is 1340. The molecular weight excluding hydrogens is 456 g/mol. The number of aromatic nitrogens is 8. The maximum absolute atomic E-state index is 12.1. The highest BCUT2D eigenvalue weighted by molar-refractivity contribution is 5.84. The van der Waals surface area contributed by atoms with Gasteiger partial charge in [-0.15, -0.1) is 5.10 Å². The van der Waals surface area contributed by atoms with Gasteiger partial charge in [0.15, 0.2) is 29.3 Å². The van der Waals surface area contributed by atoms with E-state index >= 15 is 0 Å². The molecule has 1 amide bonds. The molecule has 0 saturated carbocycles. The monoisotopic (exact) mass is 480 g/mol. The minimum absolute atomic E-state index is 0.198. The highest BCUT2D eigenvalue weighted by atomic mass is 16.6. The van der Waals surface area contributed by atoms with Gasteiger partial charge in [-0.1, -0.05) is 18.2 Å². The number of likely N-dealkylation sites (N-methyl/N-ethyl adjacent to an activating group) is 1. The van der Waals surface area contributed by atoms with Crippen LogP contribution in [0.5, 0.6) is 0 Å². The van der Waals surface area contributed by atoms with Gasteiger partial charge in [-0.25, -0.2) is 4.98 Å². The summed E-state index contributed by atoms with van der Waals surface area (Å²) in [4.78, 5) is 29.9. The normalized spacial score (nSPS) is 21.9. The Morgan fingerprint density at radius 3 is 2.77 bits per heavy atom. The number of ether oxygens (including phenoxy) is 1. The summed E-state index contributed by atoms with van der Waals surface area (Å²) in [6, 6.07) is 5.47. The number of pyridine rings is 1. The van der Waals surface area contributed by atoms with Crippen LogP contribution in [0.25, 0.3) is 28.5 Å². The number of imidazole rings is 1. The number of aliphatic hydroxyl groups excluding tert-OH is 2. The van der Waals surface area contributed by atoms with Crippen molar-refractivity contribution in [2.75, 3.05) is 18.9 Å². The van der Waals surface area contributed by atoms with Crippen molar-refractivity contribution in [2.45, 2.75) is 37.9 Å². The molecule has 0 aromatic carbocycles. The molecule has 0 aliphatic carbocycles. The van der Waals surface area contributed by atoms with Gasteiger partial charge in [0.05, 0.1) is 18.2 Å². The molecule has 5 heterocycles. The lowest BCUT2D eigenvalue weighted by Gasteiger charge is -2.17. The summed E-state index contributed by atoms with van der Waals surface area (Å²) >= 11 is 0. The average Bonchev–Trinajstić information content (AvgIpc) is 3.61. The van der Waals surface area contributed by atoms with E-state index in [1.54, 1.807) is 12.4 Å². The van der Waals surface area contributed by atoms with E-state index in [2.05, 4.69) is 40.9 Å². The maximum Gasteiger partial charge on any atom is 0.256 e. The van der Waals surface area contributed by atoms with E-state index in [0.29, 0.717) is 34.9 Å². The predicted octanol–water partition coefficient (Wildman–Crippen LogP) is -0.344. The third-order valence-electron chi connectivity index (χ3n) is 5.59. The van der Waals surface area contributed by atoms with Crippen LogP contribution in [0.4, 0.5) is 5.82 Å². The molecule has 4 N–H and O–H groups in total. The lowest BCUT2D eigenvalue weighted by molar-refractivity contribution is -0.137. The third-order valence-corrected chi connectivity index (χ3v) is 5.59. The number of rotatable bonds is 7. The second-order valence-electron chi connectivity index (χ2n) is 7.93. The molecule has 4 aromatic rings. The van der Waals surface area contributed by atoms with Gasteiger partial charge in [0.1, 0.15) is 17.9 Å². The fourth-order valence-electron chi connectivity index (χ4n) is 3.80. The van der Waals surface area contributed by atoms with Crippen LogP contribution >= 0.6 is 0 Å². The molecule has 14 heteroatoms. The molecule has 1 saturated heterocycles. The van der Waals surface area contributed by atoms with Gasteiger partial charge in [-0.2, -0.15) is 14.6 Å². The Balaban J connectivity index is 1.58. The van der Waals surface area contributed by atoms with E-state index in [1.165, 1.54) is 22.6 Å². The van der Waals surface area contributed by atoms with E-state index in [0.717, 1.165) is 6.42 Å². The molecule has 0 unspecified atom stereocenters. The van der Waals surface area contributed by atoms with Crippen molar-refractivity contribution in [1.29, 1.82) is 0 Å². The molecule has 0 bridgehead atoms. The van der Waals surface area contributed by atoms with Gasteiger partial charge in [-0.05, 0) is 18.6 Å². The molecule has 14 nitrogen and oxygen atoms in total. The van der Waals surface area contributed by atoms with E-state index in [9.17, 15) is 15.0 Å². The quantitative estimate of drug-likeness (QED) is 0.272. The van der Waals surface area contributed by atoms with E-state index in [1.807, 2.05) is 25.1 Å². The SMILES string of the molecule is CCCNc1nc(-n2cc(-c3ccccn3)nn2)nc2c1ncn2[C@@H]1O[C@H](C(=O)NC)[C@@H](O)[C@H]1O. The minimum Gasteiger partial charge on any atom is -0.387 e. The van der Waals surface area contributed by atoms with E-state index < -0.39 is 30.4 Å². The van der Waals surface area contributed by atoms with E-state index in [-0.39, 0.29) is 5.95 Å². The zero-order valence-corrected chi connectivity index (χ0v) is 19.0. The molecule has 1 fully saturated rings. The Morgan fingerprint density at radius 1 is 1.17 bits per heavy atom. The number of anilines is 1. The molecule has 4 atom stereocenters. The summed E-state index contributed by atoms with van der Waals surface area (Å²) in [5.41, 5.74) is 1.93. The zero-order valence-electron chi connectivity index (χ0n) is 19.0. The molecule has 182 valence electrons. The molecular formula is C21H24N10O4. The number of carbonyl (C=O) groups is 1. The second kappa shape index (κ2) is 9.32. The smallest absolute Gasteiger partial charge is 0.256 e. The second-order valence-corrected chi connectivity index (χ2v) is 7.93. The first-order valence-corrected chi connectivity index (χ1v) is 11.1. The van der Waals surface area contributed by atoms with Crippen molar-refractivity contribution in [3.8, 4) is 17.3 Å². The fraction of sp³-hybridized carbons (Fsp3) is 0.381. The van der Waals surface area contributed by atoms with Gasteiger partial charge in [0, 0.05) is 19.8 Å². The first-order valence-electron chi connectivity index (χ1n) is 11.1. The Hall–Kier alpha value is -4.01. The van der Waals surface area contributed by atoms with Crippen LogP contribution in [0.2, 0.25) is 0 Å². The number of nitrogens with zero attached hydrogens (tertiary/aromatic N) is 8. The lowest BCUT2D eigenvalue weighted by Crippen LogP contribution is -2.41. The van der Waals surface area contributed by atoms with Crippen molar-refractivity contribution >= 4 is 22.9 Å². The summed E-state index contributed by atoms with van der Waals surface area (Å²) in [7, 11) is 1.42. The Kier molecular flexibility index (Phi) is 6.07. The molecule has 1 aliphatic heterocycles. The highest BCUT2D eigenvalue weighted by Crippen LogP contribution is 2.33. The van der Waals surface area contributed by atoms with Crippen molar-refractivity contribution in [1.82, 2.24) is 44.8 Å². The minimum atomic E-state index is -1.42. The van der Waals surface area contributed by atoms with Crippen LogP contribution in [0, 0.1) is 0 Å². The number of carbonyl (C=O) groups excluding carboxylic acids is 1. The summed E-state index contributed by atoms with van der Waals surface area (Å²) < 4.78 is 8.58. The van der Waals surface area contributed by atoms with Crippen molar-refractivity contribution < 1.29 is 19.7 Å². The van der Waals surface area contributed by atoms with Crippen LogP contribution in [0.1, 0.15) is 19.6 Å². The fourth-order valence-corrected chi connectivity index (χ4v) is 3.80. The topological polar surface area (TPSA) is 178 Å². The van der Waals surface area contributed by atoms with Crippen LogP contribution in [-0.2, 0) is 9.53 Å². The van der Waals surface area contributed by atoms with Gasteiger partial charge in [0.2, 0.25) is 0 Å². The van der Waals surface area contributed by atoms with Gasteiger partial charge in [-0.3, -0.25) is 14.3 Å². The number of hydrogen-bond donors (Lipinski definition) is 4. The van der Waals surface area contributed by atoms with Crippen LogP contribution in [0.15, 0.2) is 36.9 Å². The molecule has 0 radical (unpaired) electrons. The summed E-state index contributed by atoms with van der Waals surface area (Å²) in [6.45, 7) is 2.65. The third kappa shape index (κ3) is 4.07. The predicted molar refractivity (Wildman–Crippen MR) is 122 cm³/mol. The lowest BCUT2D eigenvalue weighted by atomic mass is 10.1. The zero-order chi connectivity index (χ0) is 24.5. The Morgan fingerprint density at radius 2 is 2.03 bits per heavy atom. The van der Waals surface area contributed by atoms with Gasteiger partial charge >= 0.3 is 0 Å². The van der Waals surface area contributed by atoms with Crippen LogP contribution in [0.3, 0.4) is 0 Å². The van der Waals surface area contributed by atoms with E-state index in [4.69, 9.17) is 4.74 Å².